The third-order valence-electron chi connectivity index (χ3n) is 9.29. The van der Waals surface area contributed by atoms with Gasteiger partial charge < -0.3 is 9.13 Å². The SMILES string of the molecule is [C-]#[N+]c1cc(F)c(-c2ccc3c(c2)c2ncccc2n3-c2cccc(-n3c4ccc(-c5c(F)cc(C#N)cc5F)cc4c4ncccc43)c2)c(F)c1. The number of benzene rings is 5. The van der Waals surface area contributed by atoms with Gasteiger partial charge in [0.05, 0.1) is 62.4 Å². The molecule has 0 spiro atoms. The largest absolute Gasteiger partial charge is 0.308 e. The summed E-state index contributed by atoms with van der Waals surface area (Å²) in [6.07, 6.45) is 3.32. The lowest BCUT2D eigenvalue weighted by Crippen LogP contribution is -1.99. The number of hydrogen-bond donors (Lipinski definition) is 0. The molecule has 0 N–H and O–H groups in total. The van der Waals surface area contributed by atoms with E-state index in [-0.39, 0.29) is 22.4 Å². The Kier molecular flexibility index (Phi) is 6.89. The number of fused-ring (bicyclic) bond motifs is 6. The molecule has 0 bridgehead atoms. The standard InChI is InChI=1S/C42H20F4N6/c1-48-26-19-33(45)40(34(46)20-26)25-10-12-36-30(18-25)42-38(8-4-14-50-42)52(36)28-6-2-5-27(21-28)51-35-11-9-24(17-29(35)41-37(51)7-3-13-49-41)39-31(43)15-23(22-47)16-32(39)44/h2-21H. The molecular weight excluding hydrogens is 664 g/mol. The second-order valence-electron chi connectivity index (χ2n) is 12.2. The molecule has 0 atom stereocenters. The molecule has 52 heavy (non-hydrogen) atoms. The minimum absolute atomic E-state index is 0.104. The van der Waals surface area contributed by atoms with Crippen molar-refractivity contribution in [3.05, 3.63) is 162 Å². The van der Waals surface area contributed by atoms with E-state index in [4.69, 9.17) is 11.8 Å². The van der Waals surface area contributed by atoms with Crippen molar-refractivity contribution in [3.8, 4) is 39.7 Å². The second kappa shape index (κ2) is 11.7. The normalized spacial score (nSPS) is 11.4. The Morgan fingerprint density at radius 1 is 0.558 bits per heavy atom. The van der Waals surface area contributed by atoms with Gasteiger partial charge in [-0.05, 0) is 102 Å². The summed E-state index contributed by atoms with van der Waals surface area (Å²) in [4.78, 5) is 12.4. The number of pyridine rings is 2. The molecule has 0 aliphatic heterocycles. The van der Waals surface area contributed by atoms with Gasteiger partial charge in [0.2, 0.25) is 0 Å². The summed E-state index contributed by atoms with van der Waals surface area (Å²) in [6, 6.07) is 31.5. The van der Waals surface area contributed by atoms with Crippen molar-refractivity contribution < 1.29 is 17.6 Å². The van der Waals surface area contributed by atoms with E-state index in [1.807, 2.05) is 57.7 Å². The van der Waals surface area contributed by atoms with Crippen LogP contribution in [0.2, 0.25) is 0 Å². The fourth-order valence-corrected chi connectivity index (χ4v) is 7.12. The predicted octanol–water partition coefficient (Wildman–Crippen LogP) is 11.0. The molecule has 10 heteroatoms. The Bertz CT molecular complexity index is 2810. The maximum absolute atomic E-state index is 15.1. The number of hydrogen-bond acceptors (Lipinski definition) is 3. The molecule has 4 heterocycles. The molecule has 0 saturated carbocycles. The monoisotopic (exact) mass is 684 g/mol. The van der Waals surface area contributed by atoms with Crippen LogP contribution in [0, 0.1) is 41.2 Å². The molecule has 0 aliphatic carbocycles. The van der Waals surface area contributed by atoms with Crippen molar-refractivity contribution in [1.82, 2.24) is 19.1 Å². The highest BCUT2D eigenvalue weighted by Gasteiger charge is 2.21. The van der Waals surface area contributed by atoms with E-state index in [2.05, 4.69) is 14.8 Å². The Morgan fingerprint density at radius 3 is 1.50 bits per heavy atom. The fourth-order valence-electron chi connectivity index (χ4n) is 7.12. The van der Waals surface area contributed by atoms with Gasteiger partial charge in [-0.1, -0.05) is 18.2 Å². The van der Waals surface area contributed by atoms with E-state index in [1.165, 1.54) is 0 Å². The van der Waals surface area contributed by atoms with Crippen LogP contribution in [0.15, 0.2) is 122 Å². The first kappa shape index (κ1) is 30.7. The number of aromatic nitrogens is 4. The number of halogens is 4. The minimum atomic E-state index is -0.832. The average molecular weight is 685 g/mol. The first-order chi connectivity index (χ1) is 25.3. The van der Waals surface area contributed by atoms with Crippen molar-refractivity contribution in [1.29, 1.82) is 5.26 Å². The zero-order valence-corrected chi connectivity index (χ0v) is 26.7. The Hall–Kier alpha value is -7.30. The van der Waals surface area contributed by atoms with Crippen LogP contribution in [-0.2, 0) is 0 Å². The van der Waals surface area contributed by atoms with Gasteiger partial charge in [0.15, 0.2) is 5.69 Å². The zero-order chi connectivity index (χ0) is 35.7. The Balaban J connectivity index is 1.23. The quantitative estimate of drug-likeness (QED) is 0.137. The molecule has 0 amide bonds. The van der Waals surface area contributed by atoms with E-state index < -0.39 is 23.3 Å². The van der Waals surface area contributed by atoms with E-state index in [9.17, 15) is 0 Å². The molecule has 4 aromatic heterocycles. The summed E-state index contributed by atoms with van der Waals surface area (Å²) in [5, 5.41) is 10.5. The third-order valence-corrected chi connectivity index (χ3v) is 9.29. The lowest BCUT2D eigenvalue weighted by molar-refractivity contribution is 0.588. The average Bonchev–Trinajstić information content (AvgIpc) is 3.66. The van der Waals surface area contributed by atoms with Gasteiger partial charge in [0.25, 0.3) is 0 Å². The van der Waals surface area contributed by atoms with Crippen molar-refractivity contribution in [2.75, 3.05) is 0 Å². The smallest absolute Gasteiger partial charge is 0.193 e. The van der Waals surface area contributed by atoms with Crippen molar-refractivity contribution in [2.45, 2.75) is 0 Å². The predicted molar refractivity (Wildman–Crippen MR) is 192 cm³/mol. The van der Waals surface area contributed by atoms with Crippen LogP contribution in [0.4, 0.5) is 23.2 Å². The molecule has 246 valence electrons. The number of nitrogens with zero attached hydrogens (tertiary/aromatic N) is 6. The van der Waals surface area contributed by atoms with E-state index in [0.717, 1.165) is 57.7 Å². The number of rotatable bonds is 4. The van der Waals surface area contributed by atoms with Gasteiger partial charge in [-0.15, -0.1) is 0 Å². The Labute approximate surface area is 292 Å². The molecule has 0 unspecified atom stereocenters. The van der Waals surface area contributed by atoms with E-state index >= 15 is 17.6 Å². The van der Waals surface area contributed by atoms with Gasteiger partial charge in [-0.25, -0.2) is 22.4 Å². The van der Waals surface area contributed by atoms with Crippen LogP contribution >= 0.6 is 0 Å². The van der Waals surface area contributed by atoms with E-state index in [1.54, 1.807) is 54.9 Å². The van der Waals surface area contributed by atoms with Gasteiger partial charge in [-0.2, -0.15) is 5.26 Å². The van der Waals surface area contributed by atoms with Crippen LogP contribution in [0.3, 0.4) is 0 Å². The summed E-state index contributed by atoms with van der Waals surface area (Å²) >= 11 is 0. The summed E-state index contributed by atoms with van der Waals surface area (Å²) in [5.74, 6) is -3.31. The minimum Gasteiger partial charge on any atom is -0.308 e. The van der Waals surface area contributed by atoms with Gasteiger partial charge in [0, 0.05) is 34.5 Å². The third kappa shape index (κ3) is 4.63. The zero-order valence-electron chi connectivity index (χ0n) is 26.7. The molecule has 0 saturated heterocycles. The molecular formula is C42H20F4N6. The topological polar surface area (TPSA) is 63.8 Å². The summed E-state index contributed by atoms with van der Waals surface area (Å²) in [6.45, 7) is 7.14. The first-order valence-electron chi connectivity index (χ1n) is 16.0. The highest BCUT2D eigenvalue weighted by Crippen LogP contribution is 2.39. The van der Waals surface area contributed by atoms with Crippen LogP contribution in [0.5, 0.6) is 0 Å². The molecule has 6 nitrogen and oxygen atoms in total. The van der Waals surface area contributed by atoms with Crippen LogP contribution in [-0.4, -0.2) is 19.1 Å². The van der Waals surface area contributed by atoms with Crippen LogP contribution < -0.4 is 0 Å². The van der Waals surface area contributed by atoms with Gasteiger partial charge >= 0.3 is 0 Å². The molecule has 0 aliphatic rings. The lowest BCUT2D eigenvalue weighted by Gasteiger charge is -2.13. The van der Waals surface area contributed by atoms with E-state index in [0.29, 0.717) is 32.9 Å². The summed E-state index contributed by atoms with van der Waals surface area (Å²) < 4.78 is 64.4. The van der Waals surface area contributed by atoms with Crippen molar-refractivity contribution in [2.24, 2.45) is 0 Å². The maximum atomic E-state index is 15.1. The van der Waals surface area contributed by atoms with Crippen molar-refractivity contribution >= 4 is 49.6 Å². The van der Waals surface area contributed by atoms with Gasteiger partial charge in [0.1, 0.15) is 23.3 Å². The molecule has 9 rings (SSSR count). The molecule has 0 radical (unpaired) electrons. The number of nitriles is 1. The summed E-state index contributed by atoms with van der Waals surface area (Å²) in [7, 11) is 0. The van der Waals surface area contributed by atoms with Gasteiger partial charge in [-0.3, -0.25) is 9.97 Å². The molecule has 5 aromatic carbocycles. The first-order valence-corrected chi connectivity index (χ1v) is 16.0. The Morgan fingerprint density at radius 2 is 1.04 bits per heavy atom. The fraction of sp³-hybridized carbons (Fsp3) is 0. The summed E-state index contributed by atoms with van der Waals surface area (Å²) in [5.41, 5.74) is 5.86. The highest BCUT2D eigenvalue weighted by atomic mass is 19.1. The molecule has 0 fully saturated rings. The van der Waals surface area contributed by atoms with Crippen LogP contribution in [0.25, 0.3) is 82.3 Å². The highest BCUT2D eigenvalue weighted by molar-refractivity contribution is 6.10. The maximum Gasteiger partial charge on any atom is 0.193 e. The lowest BCUT2D eigenvalue weighted by atomic mass is 10.0. The van der Waals surface area contributed by atoms with Crippen LogP contribution in [0.1, 0.15) is 5.56 Å². The molecule has 9 aromatic rings. The second-order valence-corrected chi connectivity index (χ2v) is 12.2. The van der Waals surface area contributed by atoms with Crippen molar-refractivity contribution in [3.63, 3.8) is 0 Å².